The van der Waals surface area contributed by atoms with Gasteiger partial charge < -0.3 is 0 Å². The molecule has 100 valence electrons. The van der Waals surface area contributed by atoms with E-state index >= 15 is 0 Å². The fourth-order valence-electron chi connectivity index (χ4n) is 1.07. The first-order valence-electron chi connectivity index (χ1n) is 5.18. The molecule has 0 aliphatic heterocycles. The molecule has 0 radical (unpaired) electrons. The average Bonchev–Trinajstić information content (AvgIpc) is 2.16. The first-order valence-corrected chi connectivity index (χ1v) is 8.56. The van der Waals surface area contributed by atoms with Crippen molar-refractivity contribution in [2.75, 3.05) is 0 Å². The molecule has 0 aromatic heterocycles. The minimum atomic E-state index is -4.41. The van der Waals surface area contributed by atoms with Crippen molar-refractivity contribution in [3.63, 3.8) is 0 Å². The van der Waals surface area contributed by atoms with Crippen LogP contribution in [0.3, 0.4) is 0 Å². The zero-order valence-corrected chi connectivity index (χ0v) is 13.9. The van der Waals surface area contributed by atoms with Crippen LogP contribution < -0.4 is 0 Å². The Balaban J connectivity index is 3.29. The third-order valence-corrected chi connectivity index (χ3v) is 6.10. The van der Waals surface area contributed by atoms with Crippen LogP contribution in [0.15, 0.2) is 21.7 Å². The molecular weight excluding hydrogens is 434 g/mol. The Morgan fingerprint density at radius 1 is 1.22 bits per heavy atom. The molecule has 1 aromatic carbocycles. The molecule has 0 fully saturated rings. The van der Waals surface area contributed by atoms with Crippen LogP contribution in [-0.2, 0) is 24.1 Å². The number of nitrogens with zero attached hydrogens (tertiary/aromatic N) is 1. The number of rotatable bonds is 1. The summed E-state index contributed by atoms with van der Waals surface area (Å²) in [5.41, 5.74) is -0.886. The average molecular weight is 448 g/mol. The third-order valence-electron chi connectivity index (χ3n) is 1.84. The molecular formula is C12H13ClF3NW. The fraction of sp³-hybridized carbons (Fsp3) is 0.417. The molecule has 1 rings (SSSR count). The maximum atomic E-state index is 12.8. The summed E-state index contributed by atoms with van der Waals surface area (Å²) in [5.74, 6) is 0. The number of hydrogen-bond donors (Lipinski definition) is 0. The van der Waals surface area contributed by atoms with E-state index in [9.17, 15) is 13.2 Å². The summed E-state index contributed by atoms with van der Waals surface area (Å²) in [6.07, 6.45) is -4.41. The Morgan fingerprint density at radius 2 is 1.83 bits per heavy atom. The molecule has 0 unspecified atom stereocenters. The molecule has 0 saturated carbocycles. The van der Waals surface area contributed by atoms with Crippen molar-refractivity contribution in [2.45, 2.75) is 26.9 Å². The van der Waals surface area contributed by atoms with Crippen molar-refractivity contribution in [3.8, 4) is 0 Å². The van der Waals surface area contributed by atoms with Crippen LogP contribution in [0, 0.1) is 5.41 Å². The van der Waals surface area contributed by atoms with E-state index in [1.807, 2.05) is 25.2 Å². The van der Waals surface area contributed by atoms with E-state index < -0.39 is 29.7 Å². The topological polar surface area (TPSA) is 12.4 Å². The summed E-state index contributed by atoms with van der Waals surface area (Å²) in [4.78, 5) is 0. The molecule has 0 atom stereocenters. The summed E-state index contributed by atoms with van der Waals surface area (Å²) in [7, 11) is 0. The van der Waals surface area contributed by atoms with Crippen LogP contribution in [0.1, 0.15) is 26.3 Å². The van der Waals surface area contributed by atoms with Gasteiger partial charge in [0.25, 0.3) is 0 Å². The Morgan fingerprint density at radius 3 is 2.33 bits per heavy atom. The second kappa shape index (κ2) is 5.75. The molecule has 0 aliphatic carbocycles. The van der Waals surface area contributed by atoms with Crippen LogP contribution in [0.5, 0.6) is 0 Å². The quantitative estimate of drug-likeness (QED) is 0.568. The van der Waals surface area contributed by atoms with Crippen molar-refractivity contribution in [1.82, 2.24) is 0 Å². The molecule has 0 bridgehead atoms. The molecule has 6 heteroatoms. The van der Waals surface area contributed by atoms with Crippen molar-refractivity contribution in [3.05, 3.63) is 28.8 Å². The number of halogens is 4. The molecule has 1 nitrogen and oxygen atoms in total. The van der Waals surface area contributed by atoms with Gasteiger partial charge in [0.1, 0.15) is 0 Å². The van der Waals surface area contributed by atoms with Gasteiger partial charge in [0.2, 0.25) is 0 Å². The summed E-state index contributed by atoms with van der Waals surface area (Å²) in [6, 6.07) is 3.74. The van der Waals surface area contributed by atoms with Crippen molar-refractivity contribution >= 4 is 21.7 Å². The normalized spacial score (nSPS) is 12.2. The van der Waals surface area contributed by atoms with E-state index in [1.54, 1.807) is 0 Å². The van der Waals surface area contributed by atoms with E-state index in [1.165, 1.54) is 12.1 Å². The molecule has 0 amide bonds. The number of hydrogen-bond acceptors (Lipinski definition) is 1. The Bertz CT molecular complexity index is 497. The van der Waals surface area contributed by atoms with E-state index in [4.69, 9.17) is 11.6 Å². The SMILES string of the molecule is CC(C)(C)[CH]=[W]=[N]c1c(Cl)cccc1C(F)(F)F. The van der Waals surface area contributed by atoms with E-state index in [0.717, 1.165) is 6.07 Å². The predicted octanol–water partition coefficient (Wildman–Crippen LogP) is 5.10. The zero-order valence-electron chi connectivity index (χ0n) is 10.2. The minimum absolute atomic E-state index is 0.0200. The van der Waals surface area contributed by atoms with Gasteiger partial charge in [0.05, 0.1) is 0 Å². The van der Waals surface area contributed by atoms with Gasteiger partial charge in [-0.25, -0.2) is 0 Å². The van der Waals surface area contributed by atoms with Crippen LogP contribution in [0.4, 0.5) is 18.9 Å². The van der Waals surface area contributed by atoms with Gasteiger partial charge in [-0.2, -0.15) is 0 Å². The standard InChI is InChI=1S/C7H3ClF3N.C5H10.W/c8-5-3-1-2-4(6(5)12)7(9,10)11;1-5(2,3)4;/h1-3H;1H,2-4H3;. The first kappa shape index (κ1) is 15.7. The number of alkyl halides is 3. The molecule has 0 heterocycles. The van der Waals surface area contributed by atoms with Crippen molar-refractivity contribution in [2.24, 2.45) is 8.91 Å². The monoisotopic (exact) mass is 447 g/mol. The zero-order chi connectivity index (χ0) is 14.0. The van der Waals surface area contributed by atoms with E-state index in [-0.39, 0.29) is 16.1 Å². The van der Waals surface area contributed by atoms with Gasteiger partial charge in [0, 0.05) is 0 Å². The summed E-state index contributed by atoms with van der Waals surface area (Å²) >= 11 is 4.47. The van der Waals surface area contributed by atoms with Gasteiger partial charge in [-0.15, -0.1) is 0 Å². The van der Waals surface area contributed by atoms with Crippen molar-refractivity contribution < 1.29 is 31.1 Å². The van der Waals surface area contributed by atoms with E-state index in [2.05, 4.69) is 3.50 Å². The Hall–Kier alpha value is -0.342. The molecule has 0 spiro atoms. The van der Waals surface area contributed by atoms with Crippen LogP contribution in [0.2, 0.25) is 5.02 Å². The van der Waals surface area contributed by atoms with Crippen LogP contribution >= 0.6 is 11.6 Å². The third kappa shape index (κ3) is 4.73. The molecule has 1 aromatic rings. The molecule has 0 N–H and O–H groups in total. The second-order valence-electron chi connectivity index (χ2n) is 4.81. The van der Waals surface area contributed by atoms with Gasteiger partial charge >= 0.3 is 117 Å². The van der Waals surface area contributed by atoms with Gasteiger partial charge in [-0.05, 0) is 0 Å². The first-order chi connectivity index (χ1) is 8.11. The number of benzene rings is 1. The second-order valence-corrected chi connectivity index (χ2v) is 7.48. The Labute approximate surface area is 117 Å². The summed E-state index contributed by atoms with van der Waals surface area (Å²) < 4.78 is 44.5. The summed E-state index contributed by atoms with van der Waals surface area (Å²) in [5, 5.41) is 0.0622. The van der Waals surface area contributed by atoms with Gasteiger partial charge in [-0.1, -0.05) is 0 Å². The fourth-order valence-corrected chi connectivity index (χ4v) is 3.90. The maximum absolute atomic E-state index is 12.8. The molecule has 18 heavy (non-hydrogen) atoms. The summed E-state index contributed by atoms with van der Waals surface area (Å²) in [6.45, 7) is 6.00. The van der Waals surface area contributed by atoms with Gasteiger partial charge in [-0.3, -0.25) is 0 Å². The molecule has 0 saturated heterocycles. The van der Waals surface area contributed by atoms with Crippen LogP contribution in [-0.4, -0.2) is 4.40 Å². The predicted molar refractivity (Wildman–Crippen MR) is 64.1 cm³/mol. The Kier molecular flexibility index (Phi) is 5.02. The van der Waals surface area contributed by atoms with Crippen molar-refractivity contribution in [1.29, 1.82) is 0 Å². The van der Waals surface area contributed by atoms with Crippen LogP contribution in [0.25, 0.3) is 0 Å². The molecule has 0 aliphatic rings. The van der Waals surface area contributed by atoms with Gasteiger partial charge in [0.15, 0.2) is 0 Å². The van der Waals surface area contributed by atoms with E-state index in [0.29, 0.717) is 0 Å².